The lowest BCUT2D eigenvalue weighted by Gasteiger charge is -2.06. The zero-order valence-corrected chi connectivity index (χ0v) is 12.3. The van der Waals surface area contributed by atoms with Crippen molar-refractivity contribution in [3.8, 4) is 5.75 Å². The third kappa shape index (κ3) is 5.06. The number of amides is 1. The second kappa shape index (κ2) is 7.88. The smallest absolute Gasteiger partial charge is 0.259 e. The summed E-state index contributed by atoms with van der Waals surface area (Å²) in [6, 6.07) is 10.4. The van der Waals surface area contributed by atoms with Crippen LogP contribution in [0.15, 0.2) is 47.6 Å². The van der Waals surface area contributed by atoms with Gasteiger partial charge in [-0.15, -0.1) is 0 Å². The molecule has 0 atom stereocenters. The van der Waals surface area contributed by atoms with E-state index in [1.54, 1.807) is 31.4 Å². The maximum atomic E-state index is 13.0. The molecule has 0 aliphatic carbocycles. The van der Waals surface area contributed by atoms with E-state index >= 15 is 0 Å². The van der Waals surface area contributed by atoms with Gasteiger partial charge in [-0.25, -0.2) is 14.2 Å². The van der Waals surface area contributed by atoms with Gasteiger partial charge in [-0.3, -0.25) is 4.79 Å². The van der Waals surface area contributed by atoms with Gasteiger partial charge in [0.1, 0.15) is 5.75 Å². The van der Waals surface area contributed by atoms with Gasteiger partial charge in [0.2, 0.25) is 0 Å². The van der Waals surface area contributed by atoms with Crippen molar-refractivity contribution >= 4 is 17.8 Å². The van der Waals surface area contributed by atoms with Crippen LogP contribution in [0.1, 0.15) is 5.56 Å². The second-order valence-corrected chi connectivity index (χ2v) is 4.55. The van der Waals surface area contributed by atoms with Crippen molar-refractivity contribution in [3.05, 3.63) is 59.7 Å². The van der Waals surface area contributed by atoms with Crippen molar-refractivity contribution in [3.63, 3.8) is 0 Å². The molecule has 0 spiro atoms. The van der Waals surface area contributed by atoms with Gasteiger partial charge in [0, 0.05) is 5.69 Å². The van der Waals surface area contributed by atoms with E-state index in [9.17, 15) is 13.6 Å². The summed E-state index contributed by atoms with van der Waals surface area (Å²) >= 11 is 0. The van der Waals surface area contributed by atoms with Gasteiger partial charge in [-0.2, -0.15) is 5.10 Å². The number of rotatable bonds is 6. The van der Waals surface area contributed by atoms with Crippen LogP contribution in [0.2, 0.25) is 0 Å². The van der Waals surface area contributed by atoms with Gasteiger partial charge < -0.3 is 10.1 Å². The number of halogens is 2. The van der Waals surface area contributed by atoms with Crippen LogP contribution in [-0.4, -0.2) is 25.8 Å². The molecule has 0 bridgehead atoms. The summed E-state index contributed by atoms with van der Waals surface area (Å²) in [7, 11) is 1.57. The molecule has 5 nitrogen and oxygen atoms in total. The van der Waals surface area contributed by atoms with Crippen molar-refractivity contribution in [1.29, 1.82) is 0 Å². The Morgan fingerprint density at radius 1 is 1.17 bits per heavy atom. The molecule has 0 unspecified atom stereocenters. The number of nitrogens with zero attached hydrogens (tertiary/aromatic N) is 1. The Morgan fingerprint density at radius 2 is 1.91 bits per heavy atom. The Bertz CT molecular complexity index is 703. The van der Waals surface area contributed by atoms with Crippen LogP contribution < -0.4 is 15.5 Å². The van der Waals surface area contributed by atoms with E-state index in [1.165, 1.54) is 12.3 Å². The number of hydrogen-bond donors (Lipinski definition) is 2. The van der Waals surface area contributed by atoms with Crippen LogP contribution >= 0.6 is 0 Å². The largest absolute Gasteiger partial charge is 0.497 e. The number of ether oxygens (including phenoxy) is 1. The highest BCUT2D eigenvalue weighted by atomic mass is 19.2. The number of hydrazone groups is 1. The first-order chi connectivity index (χ1) is 11.1. The summed E-state index contributed by atoms with van der Waals surface area (Å²) in [5.74, 6) is -1.56. The Hall–Kier alpha value is -2.96. The first-order valence-corrected chi connectivity index (χ1v) is 6.73. The summed E-state index contributed by atoms with van der Waals surface area (Å²) in [6.07, 6.45) is 1.23. The quantitative estimate of drug-likeness (QED) is 0.635. The Kier molecular flexibility index (Phi) is 5.62. The van der Waals surface area contributed by atoms with E-state index in [2.05, 4.69) is 15.8 Å². The Morgan fingerprint density at radius 3 is 2.57 bits per heavy atom. The number of carbonyl (C=O) groups excluding carboxylic acids is 1. The maximum Gasteiger partial charge on any atom is 0.259 e. The van der Waals surface area contributed by atoms with Gasteiger partial charge in [-0.05, 0) is 42.0 Å². The minimum Gasteiger partial charge on any atom is -0.497 e. The lowest BCUT2D eigenvalue weighted by atomic mass is 10.2. The number of carbonyl (C=O) groups is 1. The molecule has 0 radical (unpaired) electrons. The van der Waals surface area contributed by atoms with Crippen LogP contribution in [0.5, 0.6) is 5.75 Å². The Balaban J connectivity index is 1.79. The van der Waals surface area contributed by atoms with E-state index in [4.69, 9.17) is 4.74 Å². The number of hydrogen-bond acceptors (Lipinski definition) is 4. The molecule has 0 saturated carbocycles. The van der Waals surface area contributed by atoms with Crippen LogP contribution in [-0.2, 0) is 4.79 Å². The van der Waals surface area contributed by atoms with E-state index in [0.717, 1.165) is 23.6 Å². The average molecular weight is 319 g/mol. The van der Waals surface area contributed by atoms with Gasteiger partial charge in [0.15, 0.2) is 11.6 Å². The lowest BCUT2D eigenvalue weighted by molar-refractivity contribution is -0.119. The summed E-state index contributed by atoms with van der Waals surface area (Å²) < 4.78 is 30.8. The van der Waals surface area contributed by atoms with E-state index < -0.39 is 11.6 Å². The molecule has 1 amide bonds. The van der Waals surface area contributed by atoms with Crippen LogP contribution in [0.3, 0.4) is 0 Å². The number of nitrogens with one attached hydrogen (secondary N) is 2. The van der Waals surface area contributed by atoms with E-state index in [0.29, 0.717) is 5.56 Å². The standard InChI is InChI=1S/C16H15F2N3O2/c1-23-13-5-3-12(4-6-13)19-10-16(22)21-20-9-11-2-7-14(17)15(18)8-11/h2-9,19H,10H2,1H3,(H,21,22)/b20-9+. The first-order valence-electron chi connectivity index (χ1n) is 6.73. The molecule has 0 aromatic heterocycles. The minimum absolute atomic E-state index is 0.0153. The molecular weight excluding hydrogens is 304 g/mol. The highest BCUT2D eigenvalue weighted by molar-refractivity contribution is 5.84. The third-order valence-corrected chi connectivity index (χ3v) is 2.89. The second-order valence-electron chi connectivity index (χ2n) is 4.55. The van der Waals surface area contributed by atoms with E-state index in [-0.39, 0.29) is 12.5 Å². The molecule has 0 saturated heterocycles. The van der Waals surface area contributed by atoms with Crippen molar-refractivity contribution in [2.75, 3.05) is 19.0 Å². The zero-order chi connectivity index (χ0) is 16.7. The van der Waals surface area contributed by atoms with Crippen molar-refractivity contribution in [2.24, 2.45) is 5.10 Å². The molecule has 0 fully saturated rings. The summed E-state index contributed by atoms with van der Waals surface area (Å²) in [5.41, 5.74) is 3.38. The molecular formula is C16H15F2N3O2. The van der Waals surface area contributed by atoms with Crippen LogP contribution in [0, 0.1) is 11.6 Å². The highest BCUT2D eigenvalue weighted by Crippen LogP contribution is 2.14. The Labute approximate surface area is 132 Å². The topological polar surface area (TPSA) is 62.7 Å². The predicted molar refractivity (Wildman–Crippen MR) is 83.6 cm³/mol. The maximum absolute atomic E-state index is 13.0. The fourth-order valence-electron chi connectivity index (χ4n) is 1.70. The predicted octanol–water partition coefficient (Wildman–Crippen LogP) is 2.54. The minimum atomic E-state index is -0.971. The molecule has 0 aliphatic heterocycles. The molecule has 2 N–H and O–H groups in total. The normalized spacial score (nSPS) is 10.6. The molecule has 120 valence electrons. The molecule has 2 aromatic carbocycles. The zero-order valence-electron chi connectivity index (χ0n) is 12.3. The molecule has 0 aliphatic rings. The highest BCUT2D eigenvalue weighted by Gasteiger charge is 2.02. The monoisotopic (exact) mass is 319 g/mol. The fourth-order valence-corrected chi connectivity index (χ4v) is 1.70. The van der Waals surface area contributed by atoms with Crippen molar-refractivity contribution < 1.29 is 18.3 Å². The van der Waals surface area contributed by atoms with Gasteiger partial charge in [-0.1, -0.05) is 6.07 Å². The molecule has 2 aromatic rings. The first kappa shape index (κ1) is 16.4. The molecule has 23 heavy (non-hydrogen) atoms. The molecule has 7 heteroatoms. The number of methoxy groups -OCH3 is 1. The molecule has 2 rings (SSSR count). The number of benzene rings is 2. The molecule has 0 heterocycles. The van der Waals surface area contributed by atoms with E-state index in [1.807, 2.05) is 0 Å². The van der Waals surface area contributed by atoms with Crippen LogP contribution in [0.4, 0.5) is 14.5 Å². The number of anilines is 1. The van der Waals surface area contributed by atoms with Crippen LogP contribution in [0.25, 0.3) is 0 Å². The summed E-state index contributed by atoms with van der Waals surface area (Å²) in [6.45, 7) is 0.0153. The van der Waals surface area contributed by atoms with Gasteiger partial charge in [0.05, 0.1) is 19.9 Å². The van der Waals surface area contributed by atoms with Gasteiger partial charge in [0.25, 0.3) is 5.91 Å². The third-order valence-electron chi connectivity index (χ3n) is 2.89. The van der Waals surface area contributed by atoms with Crippen molar-refractivity contribution in [1.82, 2.24) is 5.43 Å². The summed E-state index contributed by atoms with van der Waals surface area (Å²) in [5, 5.41) is 6.59. The van der Waals surface area contributed by atoms with Gasteiger partial charge >= 0.3 is 0 Å². The SMILES string of the molecule is COc1ccc(NCC(=O)N/N=C/c2ccc(F)c(F)c2)cc1. The fraction of sp³-hybridized carbons (Fsp3) is 0.125. The van der Waals surface area contributed by atoms with Crippen molar-refractivity contribution in [2.45, 2.75) is 0 Å². The lowest BCUT2D eigenvalue weighted by Crippen LogP contribution is -2.25. The summed E-state index contributed by atoms with van der Waals surface area (Å²) in [4.78, 5) is 11.6. The average Bonchev–Trinajstić information content (AvgIpc) is 2.56.